The van der Waals surface area contributed by atoms with Crippen molar-refractivity contribution in [1.29, 1.82) is 0 Å². The molecular weight excluding hydrogens is 330 g/mol. The normalized spacial score (nSPS) is 21.8. The molecule has 7 nitrogen and oxygen atoms in total. The molecule has 1 fully saturated rings. The molecule has 1 aliphatic rings. The monoisotopic (exact) mass is 349 g/mol. The average molecular weight is 349 g/mol. The molecule has 0 spiro atoms. The predicted octanol–water partition coefficient (Wildman–Crippen LogP) is 1.28. The second kappa shape index (κ2) is 6.37. The highest BCUT2D eigenvalue weighted by molar-refractivity contribution is 7.89. The molecule has 0 unspecified atom stereocenters. The van der Waals surface area contributed by atoms with Crippen molar-refractivity contribution in [2.75, 3.05) is 13.1 Å². The van der Waals surface area contributed by atoms with Crippen LogP contribution in [-0.2, 0) is 14.8 Å². The third-order valence-electron chi connectivity index (χ3n) is 4.07. The lowest BCUT2D eigenvalue weighted by molar-refractivity contribution is -0.119. The van der Waals surface area contributed by atoms with Crippen molar-refractivity contribution in [2.24, 2.45) is 0 Å². The highest BCUT2D eigenvalue weighted by Gasteiger charge is 2.41. The zero-order valence-corrected chi connectivity index (χ0v) is 14.3. The Morgan fingerprint density at radius 2 is 2.12 bits per heavy atom. The first-order valence-electron chi connectivity index (χ1n) is 7.61. The summed E-state index contributed by atoms with van der Waals surface area (Å²) in [5.41, 5.74) is 0. The summed E-state index contributed by atoms with van der Waals surface area (Å²) in [5.74, 6) is 0.998. The highest BCUT2D eigenvalue weighted by Crippen LogP contribution is 2.32. The lowest BCUT2D eigenvalue weighted by Crippen LogP contribution is -2.39. The van der Waals surface area contributed by atoms with Crippen molar-refractivity contribution >= 4 is 15.9 Å². The number of aromatic nitrogens is 1. The molecule has 128 valence electrons. The molecule has 8 heteroatoms. The van der Waals surface area contributed by atoms with Gasteiger partial charge in [-0.2, -0.15) is 4.31 Å². The Labute approximate surface area is 140 Å². The molecule has 1 saturated heterocycles. The standard InChI is InChI=1S/C16H19N3O4S/c1-11-5-6-16(23-11)14-9-19(10-15(14)18-12(2)20)24(21,22)13-4-3-7-17-8-13/h3-8,14-15H,9-10H2,1-2H3,(H,18,20)/t14-,15-/m1/s1. The molecule has 2 aromatic rings. The van der Waals surface area contributed by atoms with E-state index in [0.29, 0.717) is 5.76 Å². The summed E-state index contributed by atoms with van der Waals surface area (Å²) in [7, 11) is -3.66. The van der Waals surface area contributed by atoms with E-state index in [1.54, 1.807) is 6.07 Å². The van der Waals surface area contributed by atoms with Gasteiger partial charge in [0.1, 0.15) is 16.4 Å². The van der Waals surface area contributed by atoms with Crippen molar-refractivity contribution in [3.05, 3.63) is 48.2 Å². The minimum atomic E-state index is -3.66. The van der Waals surface area contributed by atoms with Gasteiger partial charge in [-0.25, -0.2) is 8.42 Å². The number of sulfonamides is 1. The number of nitrogens with zero attached hydrogens (tertiary/aromatic N) is 2. The quantitative estimate of drug-likeness (QED) is 0.897. The Morgan fingerprint density at radius 1 is 1.33 bits per heavy atom. The van der Waals surface area contributed by atoms with Crippen LogP contribution in [0, 0.1) is 6.92 Å². The number of carbonyl (C=O) groups excluding carboxylic acids is 1. The number of hydrogen-bond acceptors (Lipinski definition) is 5. The van der Waals surface area contributed by atoms with Gasteiger partial charge in [0.05, 0.1) is 12.0 Å². The molecule has 1 amide bonds. The van der Waals surface area contributed by atoms with Gasteiger partial charge in [0.2, 0.25) is 15.9 Å². The van der Waals surface area contributed by atoms with E-state index in [9.17, 15) is 13.2 Å². The summed E-state index contributed by atoms with van der Waals surface area (Å²) in [6, 6.07) is 6.43. The van der Waals surface area contributed by atoms with E-state index in [-0.39, 0.29) is 35.9 Å². The number of pyridine rings is 1. The Morgan fingerprint density at radius 3 is 2.71 bits per heavy atom. The molecule has 1 N–H and O–H groups in total. The number of hydrogen-bond donors (Lipinski definition) is 1. The molecule has 0 aliphatic carbocycles. The SMILES string of the molecule is CC(=O)N[C@@H]1CN(S(=O)(=O)c2cccnc2)C[C@H]1c1ccc(C)o1. The summed E-state index contributed by atoms with van der Waals surface area (Å²) >= 11 is 0. The van der Waals surface area contributed by atoms with E-state index in [4.69, 9.17) is 4.42 Å². The van der Waals surface area contributed by atoms with Crippen molar-refractivity contribution in [2.45, 2.75) is 30.7 Å². The van der Waals surface area contributed by atoms with E-state index in [1.165, 1.54) is 29.7 Å². The van der Waals surface area contributed by atoms with Crippen molar-refractivity contribution < 1.29 is 17.6 Å². The largest absolute Gasteiger partial charge is 0.466 e. The van der Waals surface area contributed by atoms with Crippen LogP contribution >= 0.6 is 0 Å². The molecule has 24 heavy (non-hydrogen) atoms. The molecule has 3 heterocycles. The summed E-state index contributed by atoms with van der Waals surface area (Å²) in [4.78, 5) is 15.5. The maximum absolute atomic E-state index is 12.8. The molecule has 3 rings (SSSR count). The van der Waals surface area contributed by atoms with Gasteiger partial charge in [-0.1, -0.05) is 0 Å². The summed E-state index contributed by atoms with van der Waals surface area (Å²) in [6.07, 6.45) is 2.85. The predicted molar refractivity (Wildman–Crippen MR) is 86.8 cm³/mol. The van der Waals surface area contributed by atoms with Gasteiger partial charge < -0.3 is 9.73 Å². The second-order valence-corrected chi connectivity index (χ2v) is 7.81. The van der Waals surface area contributed by atoms with E-state index in [1.807, 2.05) is 19.1 Å². The van der Waals surface area contributed by atoms with Gasteiger partial charge in [-0.3, -0.25) is 9.78 Å². The van der Waals surface area contributed by atoms with Crippen LogP contribution < -0.4 is 5.32 Å². The van der Waals surface area contributed by atoms with E-state index < -0.39 is 10.0 Å². The lowest BCUT2D eigenvalue weighted by Gasteiger charge is -2.17. The minimum Gasteiger partial charge on any atom is -0.466 e. The smallest absolute Gasteiger partial charge is 0.244 e. The van der Waals surface area contributed by atoms with E-state index >= 15 is 0 Å². The number of carbonyl (C=O) groups is 1. The topological polar surface area (TPSA) is 92.5 Å². The molecule has 0 bridgehead atoms. The maximum atomic E-state index is 12.8. The van der Waals surface area contributed by atoms with Crippen molar-refractivity contribution in [3.63, 3.8) is 0 Å². The molecule has 0 aromatic carbocycles. The number of amides is 1. The maximum Gasteiger partial charge on any atom is 0.244 e. The molecule has 2 aromatic heterocycles. The van der Waals surface area contributed by atoms with Gasteiger partial charge in [0.25, 0.3) is 0 Å². The Bertz CT molecular complexity index is 832. The average Bonchev–Trinajstić information content (AvgIpc) is 3.14. The molecule has 1 aliphatic heterocycles. The first-order valence-corrected chi connectivity index (χ1v) is 9.05. The highest BCUT2D eigenvalue weighted by atomic mass is 32.2. The van der Waals surface area contributed by atoms with Crippen LogP contribution in [0.3, 0.4) is 0 Å². The summed E-state index contributed by atoms with van der Waals surface area (Å²) in [6.45, 7) is 3.69. The molecular formula is C16H19N3O4S. The Hall–Kier alpha value is -2.19. The van der Waals surface area contributed by atoms with Crippen LogP contribution in [0.15, 0.2) is 46.0 Å². The number of furan rings is 1. The van der Waals surface area contributed by atoms with Crippen LogP contribution in [0.25, 0.3) is 0 Å². The van der Waals surface area contributed by atoms with Crippen LogP contribution in [-0.4, -0.2) is 42.7 Å². The zero-order valence-electron chi connectivity index (χ0n) is 13.5. The van der Waals surface area contributed by atoms with Crippen LogP contribution in [0.1, 0.15) is 24.4 Å². The Balaban J connectivity index is 1.90. The fourth-order valence-electron chi connectivity index (χ4n) is 2.96. The minimum absolute atomic E-state index is 0.142. The number of rotatable bonds is 4. The molecule has 2 atom stereocenters. The van der Waals surface area contributed by atoms with Gasteiger partial charge in [0.15, 0.2) is 0 Å². The summed E-state index contributed by atoms with van der Waals surface area (Å²) < 4.78 is 32.6. The van der Waals surface area contributed by atoms with Gasteiger partial charge in [-0.15, -0.1) is 0 Å². The van der Waals surface area contributed by atoms with Crippen LogP contribution in [0.2, 0.25) is 0 Å². The fraction of sp³-hybridized carbons (Fsp3) is 0.375. The number of aryl methyl sites for hydroxylation is 1. The molecule has 0 radical (unpaired) electrons. The fourth-order valence-corrected chi connectivity index (χ4v) is 4.42. The van der Waals surface area contributed by atoms with Gasteiger partial charge >= 0.3 is 0 Å². The lowest BCUT2D eigenvalue weighted by atomic mass is 10.0. The van der Waals surface area contributed by atoms with E-state index in [2.05, 4.69) is 10.3 Å². The van der Waals surface area contributed by atoms with Gasteiger partial charge in [-0.05, 0) is 31.2 Å². The Kier molecular flexibility index (Phi) is 4.42. The molecule has 0 saturated carbocycles. The second-order valence-electron chi connectivity index (χ2n) is 5.87. The van der Waals surface area contributed by atoms with E-state index in [0.717, 1.165) is 5.76 Å². The zero-order chi connectivity index (χ0) is 17.3. The summed E-state index contributed by atoms with van der Waals surface area (Å²) in [5, 5.41) is 2.83. The number of nitrogens with one attached hydrogen (secondary N) is 1. The van der Waals surface area contributed by atoms with Crippen LogP contribution in [0.5, 0.6) is 0 Å². The third kappa shape index (κ3) is 3.20. The van der Waals surface area contributed by atoms with Crippen LogP contribution in [0.4, 0.5) is 0 Å². The first kappa shape index (κ1) is 16.7. The van der Waals surface area contributed by atoms with Crippen molar-refractivity contribution in [3.8, 4) is 0 Å². The third-order valence-corrected chi connectivity index (χ3v) is 5.89. The van der Waals surface area contributed by atoms with Gasteiger partial charge in [0, 0.05) is 32.4 Å². The first-order chi connectivity index (χ1) is 11.4. The van der Waals surface area contributed by atoms with Crippen molar-refractivity contribution in [1.82, 2.24) is 14.6 Å².